The minimum absolute atomic E-state index is 0.0140. The smallest absolute Gasteiger partial charge is 0.274 e. The molecule has 4 rings (SSSR count). The molecule has 8 heteroatoms. The Morgan fingerprint density at radius 1 is 1.13 bits per heavy atom. The van der Waals surface area contributed by atoms with Crippen LogP contribution in [-0.4, -0.2) is 25.4 Å². The Morgan fingerprint density at radius 3 is 2.67 bits per heavy atom. The molecule has 1 amide bonds. The maximum absolute atomic E-state index is 12.5. The molecule has 0 saturated carbocycles. The molecule has 0 aliphatic carbocycles. The number of nitrogens with zero attached hydrogens (tertiary/aromatic N) is 4. The Labute approximate surface area is 172 Å². The first kappa shape index (κ1) is 19.5. The molecule has 152 valence electrons. The molecule has 2 heterocycles. The summed E-state index contributed by atoms with van der Waals surface area (Å²) < 4.78 is 1.83. The van der Waals surface area contributed by atoms with E-state index in [1.165, 1.54) is 6.07 Å². The van der Waals surface area contributed by atoms with Crippen LogP contribution in [-0.2, 0) is 11.2 Å². The number of carbonyl (C=O) groups excluding carboxylic acids is 1. The van der Waals surface area contributed by atoms with E-state index in [0.717, 1.165) is 33.5 Å². The van der Waals surface area contributed by atoms with Crippen LogP contribution in [0, 0.1) is 30.9 Å². The van der Waals surface area contributed by atoms with Gasteiger partial charge in [0.1, 0.15) is 0 Å². The average Bonchev–Trinajstić information content (AvgIpc) is 3.08. The predicted octanol–water partition coefficient (Wildman–Crippen LogP) is 4.29. The van der Waals surface area contributed by atoms with Crippen molar-refractivity contribution < 1.29 is 9.72 Å². The van der Waals surface area contributed by atoms with E-state index in [4.69, 9.17) is 4.98 Å². The molecule has 0 bridgehead atoms. The van der Waals surface area contributed by atoms with Crippen LogP contribution in [0.25, 0.3) is 16.6 Å². The van der Waals surface area contributed by atoms with Gasteiger partial charge >= 0.3 is 0 Å². The molecule has 2 aromatic carbocycles. The van der Waals surface area contributed by atoms with Crippen LogP contribution in [0.4, 0.5) is 11.4 Å². The van der Waals surface area contributed by atoms with Gasteiger partial charge in [-0.1, -0.05) is 18.2 Å². The fraction of sp³-hybridized carbons (Fsp3) is 0.227. The fourth-order valence-electron chi connectivity index (χ4n) is 3.75. The standard InChI is InChI=1S/C22H21N5O3/c1-13-18(9-6-10-20(13)27(29)30)24-21(28)12-11-16-14(2)23-22-17-7-4-5-8-19(17)25-26(22)15(16)3/h4-10H,11-12H2,1-3H3,(H,24,28). The second kappa shape index (κ2) is 7.55. The zero-order valence-corrected chi connectivity index (χ0v) is 17.0. The number of amides is 1. The van der Waals surface area contributed by atoms with Crippen molar-refractivity contribution in [3.05, 3.63) is 75.1 Å². The van der Waals surface area contributed by atoms with Gasteiger partial charge in [-0.25, -0.2) is 9.50 Å². The number of anilines is 1. The highest BCUT2D eigenvalue weighted by Crippen LogP contribution is 2.26. The summed E-state index contributed by atoms with van der Waals surface area (Å²) in [5.41, 5.74) is 5.35. The third-order valence-corrected chi connectivity index (χ3v) is 5.40. The van der Waals surface area contributed by atoms with E-state index in [1.807, 2.05) is 42.6 Å². The Balaban J connectivity index is 1.56. The van der Waals surface area contributed by atoms with Crippen LogP contribution in [0.15, 0.2) is 42.5 Å². The minimum Gasteiger partial charge on any atom is -0.326 e. The molecule has 0 radical (unpaired) electrons. The van der Waals surface area contributed by atoms with Crippen molar-refractivity contribution >= 4 is 33.8 Å². The molecule has 0 unspecified atom stereocenters. The van der Waals surface area contributed by atoms with Crippen molar-refractivity contribution in [2.45, 2.75) is 33.6 Å². The summed E-state index contributed by atoms with van der Waals surface area (Å²) >= 11 is 0. The second-order valence-corrected chi connectivity index (χ2v) is 7.27. The van der Waals surface area contributed by atoms with E-state index in [9.17, 15) is 14.9 Å². The number of nitro benzene ring substituents is 1. The van der Waals surface area contributed by atoms with Crippen LogP contribution in [0.1, 0.15) is 28.9 Å². The number of aryl methyl sites for hydroxylation is 2. The van der Waals surface area contributed by atoms with Crippen molar-refractivity contribution in [1.29, 1.82) is 0 Å². The fourth-order valence-corrected chi connectivity index (χ4v) is 3.75. The van der Waals surface area contributed by atoms with Crippen LogP contribution in [0.2, 0.25) is 0 Å². The third-order valence-electron chi connectivity index (χ3n) is 5.40. The molecule has 2 aromatic heterocycles. The highest BCUT2D eigenvalue weighted by molar-refractivity contribution is 5.93. The molecular formula is C22H21N5O3. The summed E-state index contributed by atoms with van der Waals surface area (Å²) in [7, 11) is 0. The molecule has 8 nitrogen and oxygen atoms in total. The van der Waals surface area contributed by atoms with Crippen LogP contribution < -0.4 is 5.32 Å². The summed E-state index contributed by atoms with van der Waals surface area (Å²) in [5, 5.41) is 19.5. The Morgan fingerprint density at radius 2 is 1.90 bits per heavy atom. The lowest BCUT2D eigenvalue weighted by atomic mass is 10.1. The first-order valence-electron chi connectivity index (χ1n) is 9.64. The third kappa shape index (κ3) is 3.36. The summed E-state index contributed by atoms with van der Waals surface area (Å²) in [4.78, 5) is 27.9. The lowest BCUT2D eigenvalue weighted by molar-refractivity contribution is -0.385. The first-order valence-corrected chi connectivity index (χ1v) is 9.64. The molecule has 4 aromatic rings. The van der Waals surface area contributed by atoms with Gasteiger partial charge in [0.25, 0.3) is 5.69 Å². The lowest BCUT2D eigenvalue weighted by Gasteiger charge is -2.12. The second-order valence-electron chi connectivity index (χ2n) is 7.27. The highest BCUT2D eigenvalue weighted by atomic mass is 16.6. The van der Waals surface area contributed by atoms with Crippen LogP contribution in [0.5, 0.6) is 0 Å². The van der Waals surface area contributed by atoms with Crippen molar-refractivity contribution in [3.8, 4) is 0 Å². The Bertz CT molecular complexity index is 1310. The van der Waals surface area contributed by atoms with E-state index in [1.54, 1.807) is 19.1 Å². The molecule has 0 aliphatic rings. The number of hydrogen-bond acceptors (Lipinski definition) is 5. The van der Waals surface area contributed by atoms with Crippen molar-refractivity contribution in [2.24, 2.45) is 0 Å². The van der Waals surface area contributed by atoms with Crippen LogP contribution in [0.3, 0.4) is 0 Å². The number of nitro groups is 1. The van der Waals surface area contributed by atoms with Gasteiger partial charge in [-0.2, -0.15) is 5.10 Å². The van der Waals surface area contributed by atoms with Crippen molar-refractivity contribution in [1.82, 2.24) is 14.6 Å². The Hall–Kier alpha value is -3.81. The minimum atomic E-state index is -0.452. The highest BCUT2D eigenvalue weighted by Gasteiger charge is 2.17. The quantitative estimate of drug-likeness (QED) is 0.396. The van der Waals surface area contributed by atoms with Gasteiger partial charge in [-0.3, -0.25) is 14.9 Å². The Kier molecular flexibility index (Phi) is 4.91. The lowest BCUT2D eigenvalue weighted by Crippen LogP contribution is -2.15. The topological polar surface area (TPSA) is 102 Å². The maximum Gasteiger partial charge on any atom is 0.274 e. The van der Waals surface area contributed by atoms with E-state index in [2.05, 4.69) is 10.4 Å². The van der Waals surface area contributed by atoms with Crippen LogP contribution >= 0.6 is 0 Å². The molecule has 0 atom stereocenters. The SMILES string of the molecule is Cc1nc2c3ccccc3nn2c(C)c1CCC(=O)Nc1cccc([N+](=O)[O-])c1C. The molecule has 0 saturated heterocycles. The molecule has 0 fully saturated rings. The normalized spacial score (nSPS) is 11.2. The summed E-state index contributed by atoms with van der Waals surface area (Å²) in [6.45, 7) is 5.54. The van der Waals surface area contributed by atoms with Crippen molar-refractivity contribution in [2.75, 3.05) is 5.32 Å². The van der Waals surface area contributed by atoms with Gasteiger partial charge in [0.2, 0.25) is 5.91 Å². The molecule has 30 heavy (non-hydrogen) atoms. The summed E-state index contributed by atoms with van der Waals surface area (Å²) in [6, 6.07) is 12.5. The van der Waals surface area contributed by atoms with Gasteiger partial charge in [-0.05, 0) is 51.0 Å². The maximum atomic E-state index is 12.5. The zero-order chi connectivity index (χ0) is 21.4. The average molecular weight is 403 g/mol. The van der Waals surface area contributed by atoms with Gasteiger partial charge in [0.15, 0.2) is 5.65 Å². The predicted molar refractivity (Wildman–Crippen MR) is 115 cm³/mol. The number of carbonyl (C=O) groups is 1. The largest absolute Gasteiger partial charge is 0.326 e. The van der Waals surface area contributed by atoms with Gasteiger partial charge in [0, 0.05) is 29.3 Å². The number of hydrogen-bond donors (Lipinski definition) is 1. The number of fused-ring (bicyclic) bond motifs is 3. The van der Waals surface area contributed by atoms with E-state index in [-0.39, 0.29) is 18.0 Å². The van der Waals surface area contributed by atoms with E-state index >= 15 is 0 Å². The number of benzene rings is 2. The van der Waals surface area contributed by atoms with E-state index < -0.39 is 4.92 Å². The van der Waals surface area contributed by atoms with Crippen molar-refractivity contribution in [3.63, 3.8) is 0 Å². The summed E-state index contributed by atoms with van der Waals surface area (Å²) in [5.74, 6) is -0.205. The van der Waals surface area contributed by atoms with E-state index in [0.29, 0.717) is 17.7 Å². The molecule has 0 spiro atoms. The summed E-state index contributed by atoms with van der Waals surface area (Å²) in [6.07, 6.45) is 0.731. The molecule has 0 aliphatic heterocycles. The monoisotopic (exact) mass is 403 g/mol. The van der Waals surface area contributed by atoms with Gasteiger partial charge in [0.05, 0.1) is 21.7 Å². The number of aromatic nitrogens is 3. The van der Waals surface area contributed by atoms with Gasteiger partial charge < -0.3 is 5.32 Å². The number of rotatable bonds is 5. The van der Waals surface area contributed by atoms with Gasteiger partial charge in [-0.15, -0.1) is 0 Å². The first-order chi connectivity index (χ1) is 14.4. The zero-order valence-electron chi connectivity index (χ0n) is 17.0. The molecular weight excluding hydrogens is 382 g/mol. The number of nitrogens with one attached hydrogen (secondary N) is 1. The molecule has 1 N–H and O–H groups in total.